The van der Waals surface area contributed by atoms with Crippen molar-refractivity contribution < 1.29 is 14.3 Å². The first-order valence-electron chi connectivity index (χ1n) is 9.93. The second-order valence-electron chi connectivity index (χ2n) is 6.95. The Morgan fingerprint density at radius 3 is 2.37 bits per heavy atom. The van der Waals surface area contributed by atoms with Crippen molar-refractivity contribution in [2.75, 3.05) is 32.8 Å². The first-order chi connectivity index (χ1) is 14.7. The highest BCUT2D eigenvalue weighted by molar-refractivity contribution is 5.95. The van der Waals surface area contributed by atoms with E-state index in [4.69, 9.17) is 4.74 Å². The Labute approximate surface area is 174 Å². The minimum Gasteiger partial charge on any atom is -0.494 e. The van der Waals surface area contributed by atoms with Gasteiger partial charge in [-0.1, -0.05) is 0 Å². The van der Waals surface area contributed by atoms with E-state index in [9.17, 15) is 9.59 Å². The van der Waals surface area contributed by atoms with Gasteiger partial charge in [0.25, 0.3) is 11.8 Å². The van der Waals surface area contributed by atoms with Gasteiger partial charge in [-0.05, 0) is 49.4 Å². The molecule has 0 bridgehead atoms. The minimum absolute atomic E-state index is 0.0606. The number of ether oxygens (including phenoxy) is 1. The molecular formula is C22H23N5O3. The van der Waals surface area contributed by atoms with Gasteiger partial charge in [0.05, 0.1) is 17.9 Å². The van der Waals surface area contributed by atoms with Crippen molar-refractivity contribution in [3.05, 3.63) is 66.1 Å². The second kappa shape index (κ2) is 8.77. The van der Waals surface area contributed by atoms with Crippen LogP contribution in [0, 0.1) is 0 Å². The molecule has 154 valence electrons. The van der Waals surface area contributed by atoms with Crippen molar-refractivity contribution in [1.82, 2.24) is 25.0 Å². The third-order valence-corrected chi connectivity index (χ3v) is 5.03. The van der Waals surface area contributed by atoms with Gasteiger partial charge in [-0.25, -0.2) is 0 Å². The van der Waals surface area contributed by atoms with Gasteiger partial charge in [0, 0.05) is 44.1 Å². The Morgan fingerprint density at radius 2 is 1.73 bits per heavy atom. The average Bonchev–Trinajstić information content (AvgIpc) is 3.30. The van der Waals surface area contributed by atoms with E-state index in [2.05, 4.69) is 15.2 Å². The predicted molar refractivity (Wildman–Crippen MR) is 111 cm³/mol. The Balaban J connectivity index is 1.37. The molecule has 3 aromatic rings. The number of piperazine rings is 1. The zero-order chi connectivity index (χ0) is 20.9. The van der Waals surface area contributed by atoms with Crippen LogP contribution in [0.2, 0.25) is 0 Å². The lowest BCUT2D eigenvalue weighted by Gasteiger charge is -2.34. The molecule has 1 fully saturated rings. The van der Waals surface area contributed by atoms with Gasteiger partial charge in [0.15, 0.2) is 0 Å². The standard InChI is InChI=1S/C22H23N5O3/c1-2-30-18-7-5-16(6-8-18)19-14-20(25-24-19)22(29)27-12-10-26(11-13-27)21(28)17-4-3-9-23-15-17/h3-9,14-15H,2,10-13H2,1H3,(H,24,25). The first-order valence-corrected chi connectivity index (χ1v) is 9.93. The normalized spacial score (nSPS) is 13.9. The lowest BCUT2D eigenvalue weighted by Crippen LogP contribution is -2.50. The quantitative estimate of drug-likeness (QED) is 0.704. The second-order valence-corrected chi connectivity index (χ2v) is 6.95. The smallest absolute Gasteiger partial charge is 0.272 e. The molecule has 0 aliphatic carbocycles. The summed E-state index contributed by atoms with van der Waals surface area (Å²) in [6.07, 6.45) is 3.20. The number of rotatable bonds is 5. The number of H-pyrrole nitrogens is 1. The van der Waals surface area contributed by atoms with Crippen LogP contribution >= 0.6 is 0 Å². The summed E-state index contributed by atoms with van der Waals surface area (Å²) in [5.74, 6) is 0.620. The van der Waals surface area contributed by atoms with E-state index in [1.165, 1.54) is 0 Å². The molecule has 1 saturated heterocycles. The fourth-order valence-electron chi connectivity index (χ4n) is 3.42. The number of nitrogens with one attached hydrogen (secondary N) is 1. The van der Waals surface area contributed by atoms with Crippen LogP contribution < -0.4 is 4.74 Å². The number of hydrogen-bond acceptors (Lipinski definition) is 5. The zero-order valence-electron chi connectivity index (χ0n) is 16.7. The van der Waals surface area contributed by atoms with Gasteiger partial charge in [-0.2, -0.15) is 5.10 Å². The van der Waals surface area contributed by atoms with Crippen molar-refractivity contribution in [1.29, 1.82) is 0 Å². The monoisotopic (exact) mass is 405 g/mol. The maximum atomic E-state index is 12.9. The summed E-state index contributed by atoms with van der Waals surface area (Å²) in [6, 6.07) is 12.8. The van der Waals surface area contributed by atoms with Crippen LogP contribution in [-0.4, -0.2) is 69.6 Å². The molecule has 30 heavy (non-hydrogen) atoms. The lowest BCUT2D eigenvalue weighted by molar-refractivity contribution is 0.0532. The molecule has 1 aromatic carbocycles. The van der Waals surface area contributed by atoms with E-state index >= 15 is 0 Å². The van der Waals surface area contributed by atoms with Crippen molar-refractivity contribution >= 4 is 11.8 Å². The van der Waals surface area contributed by atoms with Crippen molar-refractivity contribution in [3.8, 4) is 17.0 Å². The number of aromatic amines is 1. The topological polar surface area (TPSA) is 91.4 Å². The van der Waals surface area contributed by atoms with Crippen LogP contribution in [0.3, 0.4) is 0 Å². The number of carbonyl (C=O) groups excluding carboxylic acids is 2. The summed E-state index contributed by atoms with van der Waals surface area (Å²) >= 11 is 0. The van der Waals surface area contributed by atoms with E-state index in [0.717, 1.165) is 11.3 Å². The highest BCUT2D eigenvalue weighted by atomic mass is 16.5. The maximum absolute atomic E-state index is 12.9. The zero-order valence-corrected chi connectivity index (χ0v) is 16.7. The van der Waals surface area contributed by atoms with E-state index in [1.54, 1.807) is 40.4 Å². The molecule has 3 heterocycles. The van der Waals surface area contributed by atoms with Gasteiger partial charge in [-0.15, -0.1) is 0 Å². The SMILES string of the molecule is CCOc1ccc(-c2cc(C(=O)N3CCN(C(=O)c4cccnc4)CC3)[nH]n2)cc1. The molecule has 1 N–H and O–H groups in total. The van der Waals surface area contributed by atoms with Crippen LogP contribution in [0.15, 0.2) is 54.9 Å². The number of pyridine rings is 1. The Morgan fingerprint density at radius 1 is 1.03 bits per heavy atom. The number of benzene rings is 1. The molecule has 8 nitrogen and oxygen atoms in total. The third kappa shape index (κ3) is 4.17. The number of nitrogens with zero attached hydrogens (tertiary/aromatic N) is 4. The predicted octanol–water partition coefficient (Wildman–Crippen LogP) is 2.47. The van der Waals surface area contributed by atoms with Gasteiger partial charge in [-0.3, -0.25) is 19.7 Å². The highest BCUT2D eigenvalue weighted by Gasteiger charge is 2.26. The maximum Gasteiger partial charge on any atom is 0.272 e. The largest absolute Gasteiger partial charge is 0.494 e. The number of aromatic nitrogens is 3. The van der Waals surface area contributed by atoms with Gasteiger partial charge >= 0.3 is 0 Å². The highest BCUT2D eigenvalue weighted by Crippen LogP contribution is 2.22. The Bertz CT molecular complexity index is 1010. The minimum atomic E-state index is -0.117. The van der Waals surface area contributed by atoms with Gasteiger partial charge < -0.3 is 14.5 Å². The molecule has 0 unspecified atom stereocenters. The molecule has 0 spiro atoms. The molecular weight excluding hydrogens is 382 g/mol. The number of amides is 2. The Kier molecular flexibility index (Phi) is 5.74. The first kappa shape index (κ1) is 19.6. The summed E-state index contributed by atoms with van der Waals surface area (Å²) in [5.41, 5.74) is 2.60. The molecule has 8 heteroatoms. The molecule has 0 saturated carbocycles. The number of carbonyl (C=O) groups is 2. The van der Waals surface area contributed by atoms with E-state index in [1.807, 2.05) is 31.2 Å². The molecule has 2 aromatic heterocycles. The lowest BCUT2D eigenvalue weighted by atomic mass is 10.1. The summed E-state index contributed by atoms with van der Waals surface area (Å²) in [6.45, 7) is 4.47. The van der Waals surface area contributed by atoms with Crippen LogP contribution in [-0.2, 0) is 0 Å². The molecule has 0 atom stereocenters. The third-order valence-electron chi connectivity index (χ3n) is 5.03. The van der Waals surface area contributed by atoms with Gasteiger partial charge in [0.1, 0.15) is 11.4 Å². The van der Waals surface area contributed by atoms with Crippen LogP contribution in [0.1, 0.15) is 27.8 Å². The Hall–Kier alpha value is -3.68. The van der Waals surface area contributed by atoms with Crippen molar-refractivity contribution in [2.45, 2.75) is 6.92 Å². The summed E-state index contributed by atoms with van der Waals surface area (Å²) in [4.78, 5) is 32.9. The summed E-state index contributed by atoms with van der Waals surface area (Å²) < 4.78 is 5.45. The molecule has 1 aliphatic rings. The molecule has 4 rings (SSSR count). The molecule has 2 amide bonds. The van der Waals surface area contributed by atoms with Crippen molar-refractivity contribution in [2.24, 2.45) is 0 Å². The molecule has 1 aliphatic heterocycles. The van der Waals surface area contributed by atoms with E-state index in [-0.39, 0.29) is 11.8 Å². The van der Waals surface area contributed by atoms with E-state index in [0.29, 0.717) is 49.7 Å². The average molecular weight is 405 g/mol. The molecule has 0 radical (unpaired) electrons. The van der Waals surface area contributed by atoms with Crippen LogP contribution in [0.25, 0.3) is 11.3 Å². The fourth-order valence-corrected chi connectivity index (χ4v) is 3.42. The van der Waals surface area contributed by atoms with Crippen molar-refractivity contribution in [3.63, 3.8) is 0 Å². The van der Waals surface area contributed by atoms with Gasteiger partial charge in [0.2, 0.25) is 0 Å². The van der Waals surface area contributed by atoms with Crippen LogP contribution in [0.4, 0.5) is 0 Å². The summed E-state index contributed by atoms with van der Waals surface area (Å²) in [7, 11) is 0. The van der Waals surface area contributed by atoms with Crippen LogP contribution in [0.5, 0.6) is 5.75 Å². The fraction of sp³-hybridized carbons (Fsp3) is 0.273. The summed E-state index contributed by atoms with van der Waals surface area (Å²) in [5, 5.41) is 7.12. The number of hydrogen-bond donors (Lipinski definition) is 1. The van der Waals surface area contributed by atoms with E-state index < -0.39 is 0 Å².